The summed E-state index contributed by atoms with van der Waals surface area (Å²) in [6, 6.07) is 15.8. The molecule has 130 valence electrons. The standard InChI is InChI=1S/C20H17N3O2S/c1-14-10-15-6-2-3-8-18(15)23(14)11-19(24)25-12-16-13-26-20(22-16)17-7-4-5-9-21-17/h2-10,13H,11-12H2,1H3. The number of para-hydroxylation sites is 1. The monoisotopic (exact) mass is 363 g/mol. The first kappa shape index (κ1) is 16.5. The van der Waals surface area contributed by atoms with Crippen LogP contribution in [0.15, 0.2) is 60.1 Å². The second-order valence-electron chi connectivity index (χ2n) is 5.95. The molecule has 0 N–H and O–H groups in total. The molecular formula is C20H17N3O2S. The second kappa shape index (κ2) is 7.09. The van der Waals surface area contributed by atoms with Gasteiger partial charge in [-0.3, -0.25) is 9.78 Å². The summed E-state index contributed by atoms with van der Waals surface area (Å²) in [6.45, 7) is 2.35. The first-order valence-electron chi connectivity index (χ1n) is 8.27. The van der Waals surface area contributed by atoms with E-state index >= 15 is 0 Å². The van der Waals surface area contributed by atoms with Gasteiger partial charge in [0.05, 0.1) is 11.4 Å². The summed E-state index contributed by atoms with van der Waals surface area (Å²) in [5, 5.41) is 3.84. The number of thiazole rings is 1. The molecule has 5 nitrogen and oxygen atoms in total. The molecule has 6 heteroatoms. The molecule has 0 spiro atoms. The Morgan fingerprint density at radius 3 is 2.88 bits per heavy atom. The number of pyridine rings is 1. The van der Waals surface area contributed by atoms with Crippen molar-refractivity contribution in [3.63, 3.8) is 0 Å². The molecule has 0 radical (unpaired) electrons. The van der Waals surface area contributed by atoms with Crippen LogP contribution in [0.2, 0.25) is 0 Å². The predicted molar refractivity (Wildman–Crippen MR) is 102 cm³/mol. The van der Waals surface area contributed by atoms with E-state index in [2.05, 4.69) is 16.0 Å². The lowest BCUT2D eigenvalue weighted by Gasteiger charge is -2.08. The van der Waals surface area contributed by atoms with Gasteiger partial charge in [0.15, 0.2) is 0 Å². The maximum atomic E-state index is 12.3. The molecule has 3 heterocycles. The van der Waals surface area contributed by atoms with Gasteiger partial charge in [-0.15, -0.1) is 11.3 Å². The molecule has 0 aliphatic rings. The highest BCUT2D eigenvalue weighted by Crippen LogP contribution is 2.22. The summed E-state index contributed by atoms with van der Waals surface area (Å²) in [5.41, 5.74) is 3.63. The highest BCUT2D eigenvalue weighted by atomic mass is 32.1. The molecule has 26 heavy (non-hydrogen) atoms. The van der Waals surface area contributed by atoms with Gasteiger partial charge >= 0.3 is 5.97 Å². The van der Waals surface area contributed by atoms with E-state index < -0.39 is 0 Å². The Morgan fingerprint density at radius 1 is 1.19 bits per heavy atom. The SMILES string of the molecule is Cc1cc2ccccc2n1CC(=O)OCc1csc(-c2ccccn2)n1. The number of carbonyl (C=O) groups excluding carboxylic acids is 1. The Hall–Kier alpha value is -2.99. The van der Waals surface area contributed by atoms with E-state index in [0.717, 1.165) is 33.0 Å². The topological polar surface area (TPSA) is 57.0 Å². The van der Waals surface area contributed by atoms with Crippen molar-refractivity contribution in [1.29, 1.82) is 0 Å². The zero-order valence-electron chi connectivity index (χ0n) is 14.3. The lowest BCUT2D eigenvalue weighted by molar-refractivity contribution is -0.145. The number of ether oxygens (including phenoxy) is 1. The van der Waals surface area contributed by atoms with Crippen molar-refractivity contribution in [2.75, 3.05) is 0 Å². The van der Waals surface area contributed by atoms with Crippen LogP contribution in [0.3, 0.4) is 0 Å². The molecule has 0 aliphatic heterocycles. The van der Waals surface area contributed by atoms with Gasteiger partial charge in [0.25, 0.3) is 0 Å². The van der Waals surface area contributed by atoms with Gasteiger partial charge < -0.3 is 9.30 Å². The van der Waals surface area contributed by atoms with Crippen molar-refractivity contribution < 1.29 is 9.53 Å². The fourth-order valence-electron chi connectivity index (χ4n) is 2.87. The van der Waals surface area contributed by atoms with Crippen molar-refractivity contribution in [2.45, 2.75) is 20.1 Å². The van der Waals surface area contributed by atoms with Crippen LogP contribution in [0.25, 0.3) is 21.6 Å². The minimum Gasteiger partial charge on any atom is -0.458 e. The van der Waals surface area contributed by atoms with Gasteiger partial charge in [0.2, 0.25) is 0 Å². The van der Waals surface area contributed by atoms with Crippen LogP contribution in [0.5, 0.6) is 0 Å². The van der Waals surface area contributed by atoms with Crippen molar-refractivity contribution in [3.8, 4) is 10.7 Å². The van der Waals surface area contributed by atoms with Gasteiger partial charge in [-0.25, -0.2) is 4.98 Å². The summed E-state index contributed by atoms with van der Waals surface area (Å²) in [6.07, 6.45) is 1.74. The van der Waals surface area contributed by atoms with E-state index in [1.165, 1.54) is 11.3 Å². The highest BCUT2D eigenvalue weighted by Gasteiger charge is 2.12. The third kappa shape index (κ3) is 3.36. The van der Waals surface area contributed by atoms with Gasteiger partial charge in [0.1, 0.15) is 18.2 Å². The quantitative estimate of drug-likeness (QED) is 0.498. The minimum absolute atomic E-state index is 0.167. The molecule has 0 saturated carbocycles. The molecule has 1 aromatic carbocycles. The normalized spacial score (nSPS) is 11.0. The molecule has 0 atom stereocenters. The zero-order valence-corrected chi connectivity index (χ0v) is 15.1. The number of esters is 1. The maximum absolute atomic E-state index is 12.3. The van der Waals surface area contributed by atoms with Crippen molar-refractivity contribution >= 4 is 28.2 Å². The summed E-state index contributed by atoms with van der Waals surface area (Å²) in [4.78, 5) is 21.0. The fraction of sp³-hybridized carbons (Fsp3) is 0.150. The van der Waals surface area contributed by atoms with Crippen LogP contribution in [0, 0.1) is 6.92 Å². The molecule has 0 amide bonds. The smallest absolute Gasteiger partial charge is 0.326 e. The van der Waals surface area contributed by atoms with E-state index in [1.54, 1.807) is 6.20 Å². The Morgan fingerprint density at radius 2 is 2.04 bits per heavy atom. The van der Waals surface area contributed by atoms with Crippen LogP contribution in [0.1, 0.15) is 11.4 Å². The number of hydrogen-bond acceptors (Lipinski definition) is 5. The number of aryl methyl sites for hydroxylation is 1. The zero-order chi connectivity index (χ0) is 17.9. The molecular weight excluding hydrogens is 346 g/mol. The van der Waals surface area contributed by atoms with E-state index in [-0.39, 0.29) is 19.1 Å². The van der Waals surface area contributed by atoms with Crippen molar-refractivity contribution in [3.05, 3.63) is 71.5 Å². The number of nitrogens with zero attached hydrogens (tertiary/aromatic N) is 3. The van der Waals surface area contributed by atoms with Crippen LogP contribution in [0.4, 0.5) is 0 Å². The summed E-state index contributed by atoms with van der Waals surface area (Å²) >= 11 is 1.49. The first-order chi connectivity index (χ1) is 12.7. The Labute approximate surface area is 154 Å². The third-order valence-electron chi connectivity index (χ3n) is 4.12. The second-order valence-corrected chi connectivity index (χ2v) is 6.81. The molecule has 0 aliphatic carbocycles. The molecule has 0 unspecified atom stereocenters. The number of fused-ring (bicyclic) bond motifs is 1. The van der Waals surface area contributed by atoms with Crippen LogP contribution < -0.4 is 0 Å². The number of rotatable bonds is 5. The molecule has 0 bridgehead atoms. The average Bonchev–Trinajstić information content (AvgIpc) is 3.26. The van der Waals surface area contributed by atoms with Crippen LogP contribution >= 0.6 is 11.3 Å². The van der Waals surface area contributed by atoms with E-state index in [4.69, 9.17) is 4.74 Å². The van der Waals surface area contributed by atoms with Crippen molar-refractivity contribution in [2.24, 2.45) is 0 Å². The van der Waals surface area contributed by atoms with Gasteiger partial charge in [-0.05, 0) is 36.6 Å². The van der Waals surface area contributed by atoms with Gasteiger partial charge in [-0.2, -0.15) is 0 Å². The Kier molecular flexibility index (Phi) is 4.50. The highest BCUT2D eigenvalue weighted by molar-refractivity contribution is 7.13. The number of benzene rings is 1. The van der Waals surface area contributed by atoms with Crippen molar-refractivity contribution in [1.82, 2.24) is 14.5 Å². The molecule has 0 fully saturated rings. The lowest BCUT2D eigenvalue weighted by Crippen LogP contribution is -2.14. The molecule has 3 aromatic heterocycles. The first-order valence-corrected chi connectivity index (χ1v) is 9.15. The average molecular weight is 363 g/mol. The number of aromatic nitrogens is 3. The summed E-state index contributed by atoms with van der Waals surface area (Å²) < 4.78 is 7.39. The summed E-state index contributed by atoms with van der Waals surface area (Å²) in [7, 11) is 0. The molecule has 0 saturated heterocycles. The third-order valence-corrected chi connectivity index (χ3v) is 5.04. The largest absolute Gasteiger partial charge is 0.458 e. The predicted octanol–water partition coefficient (Wildman–Crippen LogP) is 4.21. The minimum atomic E-state index is -0.276. The maximum Gasteiger partial charge on any atom is 0.326 e. The number of hydrogen-bond donors (Lipinski definition) is 0. The molecule has 4 rings (SSSR count). The van der Waals surface area contributed by atoms with Crippen LogP contribution in [-0.2, 0) is 22.7 Å². The van der Waals surface area contributed by atoms with Gasteiger partial charge in [-0.1, -0.05) is 24.3 Å². The molecule has 4 aromatic rings. The fourth-order valence-corrected chi connectivity index (χ4v) is 3.65. The van der Waals surface area contributed by atoms with E-state index in [1.807, 2.05) is 59.3 Å². The van der Waals surface area contributed by atoms with E-state index in [0.29, 0.717) is 0 Å². The summed E-state index contributed by atoms with van der Waals surface area (Å²) in [5.74, 6) is -0.276. The van der Waals surface area contributed by atoms with Gasteiger partial charge in [0, 0.05) is 22.8 Å². The number of carbonyl (C=O) groups is 1. The Balaban J connectivity index is 1.41. The Bertz CT molecular complexity index is 1050. The lowest BCUT2D eigenvalue weighted by atomic mass is 10.2. The van der Waals surface area contributed by atoms with Crippen LogP contribution in [-0.4, -0.2) is 20.5 Å². The van der Waals surface area contributed by atoms with E-state index in [9.17, 15) is 4.79 Å².